The lowest BCUT2D eigenvalue weighted by Crippen LogP contribution is -2.29. The maximum absolute atomic E-state index is 5.91. The first-order chi connectivity index (χ1) is 7.15. The van der Waals surface area contributed by atoms with E-state index in [1.165, 1.54) is 32.1 Å². The average Bonchev–Trinajstić information content (AvgIpc) is 2.16. The van der Waals surface area contributed by atoms with Crippen LogP contribution >= 0.6 is 0 Å². The van der Waals surface area contributed by atoms with Gasteiger partial charge in [0.05, 0.1) is 12.2 Å². The lowest BCUT2D eigenvalue weighted by atomic mass is 9.73. The van der Waals surface area contributed by atoms with Crippen LogP contribution in [-0.4, -0.2) is 12.2 Å². The molecule has 0 radical (unpaired) electrons. The van der Waals surface area contributed by atoms with Gasteiger partial charge < -0.3 is 4.74 Å². The van der Waals surface area contributed by atoms with E-state index in [0.717, 1.165) is 5.92 Å². The molecule has 2 aliphatic carbocycles. The summed E-state index contributed by atoms with van der Waals surface area (Å²) in [6.45, 7) is 6.50. The highest BCUT2D eigenvalue weighted by Crippen LogP contribution is 2.39. The predicted molar refractivity (Wildman–Crippen MR) is 63.8 cm³/mol. The van der Waals surface area contributed by atoms with E-state index in [-0.39, 0.29) is 0 Å². The van der Waals surface area contributed by atoms with Gasteiger partial charge in [-0.25, -0.2) is 0 Å². The molecule has 1 heteroatoms. The molecule has 0 amide bonds. The molecule has 0 spiro atoms. The van der Waals surface area contributed by atoms with E-state index in [4.69, 9.17) is 4.74 Å². The fourth-order valence-electron chi connectivity index (χ4n) is 3.16. The average molecular weight is 208 g/mol. The van der Waals surface area contributed by atoms with Crippen molar-refractivity contribution in [2.45, 2.75) is 65.1 Å². The number of hydrogen-bond acceptors (Lipinski definition) is 1. The van der Waals surface area contributed by atoms with E-state index < -0.39 is 0 Å². The Bertz CT molecular complexity index is 242. The summed E-state index contributed by atoms with van der Waals surface area (Å²) in [7, 11) is 0. The molecule has 3 unspecified atom stereocenters. The summed E-state index contributed by atoms with van der Waals surface area (Å²) in [5.74, 6) is 1.64. The Kier molecular flexibility index (Phi) is 3.50. The van der Waals surface area contributed by atoms with Crippen molar-refractivity contribution < 1.29 is 4.74 Å². The summed E-state index contributed by atoms with van der Waals surface area (Å²) in [4.78, 5) is 0. The second-order valence-electron chi connectivity index (χ2n) is 5.58. The van der Waals surface area contributed by atoms with E-state index in [2.05, 4.69) is 26.8 Å². The number of allylic oxidation sites excluding steroid dienone is 1. The molecular weight excluding hydrogens is 184 g/mol. The van der Waals surface area contributed by atoms with Crippen LogP contribution in [0.3, 0.4) is 0 Å². The molecule has 1 saturated carbocycles. The van der Waals surface area contributed by atoms with Crippen LogP contribution in [-0.2, 0) is 4.74 Å². The first-order valence-corrected chi connectivity index (χ1v) is 6.50. The minimum absolute atomic E-state index is 0.361. The molecule has 86 valence electrons. The molecule has 2 bridgehead atoms. The molecule has 0 aromatic heterocycles. The highest BCUT2D eigenvalue weighted by atomic mass is 16.5. The van der Waals surface area contributed by atoms with Crippen LogP contribution in [0.5, 0.6) is 0 Å². The number of rotatable bonds is 3. The van der Waals surface area contributed by atoms with Crippen molar-refractivity contribution in [2.24, 2.45) is 11.8 Å². The second kappa shape index (κ2) is 4.69. The zero-order valence-corrected chi connectivity index (χ0v) is 10.3. The van der Waals surface area contributed by atoms with E-state index in [1.54, 1.807) is 5.57 Å². The molecule has 1 fully saturated rings. The second-order valence-corrected chi connectivity index (χ2v) is 5.58. The van der Waals surface area contributed by atoms with Crippen molar-refractivity contribution in [3.63, 3.8) is 0 Å². The van der Waals surface area contributed by atoms with Gasteiger partial charge in [-0.2, -0.15) is 0 Å². The quantitative estimate of drug-likeness (QED) is 0.638. The Morgan fingerprint density at radius 2 is 2.13 bits per heavy atom. The number of fused-ring (bicyclic) bond motifs is 2. The van der Waals surface area contributed by atoms with Crippen molar-refractivity contribution in [3.05, 3.63) is 11.6 Å². The first kappa shape index (κ1) is 11.2. The smallest absolute Gasteiger partial charge is 0.0613 e. The molecule has 1 nitrogen and oxygen atoms in total. The molecule has 0 heterocycles. The lowest BCUT2D eigenvalue weighted by Gasteiger charge is -2.35. The van der Waals surface area contributed by atoms with Crippen molar-refractivity contribution in [1.82, 2.24) is 0 Å². The van der Waals surface area contributed by atoms with Gasteiger partial charge in [0.15, 0.2) is 0 Å². The Morgan fingerprint density at radius 1 is 1.33 bits per heavy atom. The zero-order valence-electron chi connectivity index (χ0n) is 10.3. The minimum Gasteiger partial charge on any atom is -0.375 e. The Hall–Kier alpha value is -0.300. The van der Waals surface area contributed by atoms with Crippen molar-refractivity contribution in [2.75, 3.05) is 0 Å². The summed E-state index contributed by atoms with van der Waals surface area (Å²) >= 11 is 0. The van der Waals surface area contributed by atoms with Crippen LogP contribution in [0.2, 0.25) is 0 Å². The van der Waals surface area contributed by atoms with E-state index >= 15 is 0 Å². The van der Waals surface area contributed by atoms with Gasteiger partial charge in [-0.15, -0.1) is 0 Å². The summed E-state index contributed by atoms with van der Waals surface area (Å²) in [6, 6.07) is 0. The van der Waals surface area contributed by atoms with Gasteiger partial charge in [-0.05, 0) is 58.8 Å². The maximum atomic E-state index is 5.91. The third-order valence-electron chi connectivity index (χ3n) is 3.81. The van der Waals surface area contributed by atoms with E-state index in [9.17, 15) is 0 Å². The van der Waals surface area contributed by atoms with Crippen LogP contribution in [0.25, 0.3) is 0 Å². The fraction of sp³-hybridized carbons (Fsp3) is 0.857. The van der Waals surface area contributed by atoms with E-state index in [1.807, 2.05) is 0 Å². The SMILES string of the molecule is CC(C)OC(C)C1C=C2CCCC(C2)C1. The van der Waals surface area contributed by atoms with Crippen molar-refractivity contribution in [1.29, 1.82) is 0 Å². The Morgan fingerprint density at radius 3 is 2.80 bits per heavy atom. The van der Waals surface area contributed by atoms with Gasteiger partial charge in [0.25, 0.3) is 0 Å². The molecule has 2 aliphatic rings. The number of ether oxygens (including phenoxy) is 1. The summed E-state index contributed by atoms with van der Waals surface area (Å²) in [5, 5.41) is 0. The lowest BCUT2D eigenvalue weighted by molar-refractivity contribution is -0.0119. The molecule has 2 rings (SSSR count). The topological polar surface area (TPSA) is 9.23 Å². The summed E-state index contributed by atoms with van der Waals surface area (Å²) in [5.41, 5.74) is 1.71. The summed E-state index contributed by atoms with van der Waals surface area (Å²) < 4.78 is 5.91. The largest absolute Gasteiger partial charge is 0.375 e. The monoisotopic (exact) mass is 208 g/mol. The van der Waals surface area contributed by atoms with Crippen molar-refractivity contribution >= 4 is 0 Å². The highest BCUT2D eigenvalue weighted by molar-refractivity contribution is 5.13. The normalized spacial score (nSPS) is 32.7. The van der Waals surface area contributed by atoms with Gasteiger partial charge in [0.1, 0.15) is 0 Å². The molecule has 0 aromatic rings. The number of hydrogen-bond donors (Lipinski definition) is 0. The Balaban J connectivity index is 1.98. The van der Waals surface area contributed by atoms with Gasteiger partial charge >= 0.3 is 0 Å². The highest BCUT2D eigenvalue weighted by Gasteiger charge is 2.29. The maximum Gasteiger partial charge on any atom is 0.0613 e. The van der Waals surface area contributed by atoms with Crippen LogP contribution in [0.1, 0.15) is 52.9 Å². The fourth-order valence-corrected chi connectivity index (χ4v) is 3.16. The van der Waals surface area contributed by atoms with Crippen molar-refractivity contribution in [3.8, 4) is 0 Å². The predicted octanol–water partition coefficient (Wildman–Crippen LogP) is 3.94. The van der Waals surface area contributed by atoms with Crippen LogP contribution in [0, 0.1) is 11.8 Å². The molecule has 0 aromatic carbocycles. The zero-order chi connectivity index (χ0) is 10.8. The van der Waals surface area contributed by atoms with Gasteiger partial charge in [-0.3, -0.25) is 0 Å². The molecule has 15 heavy (non-hydrogen) atoms. The van der Waals surface area contributed by atoms with E-state index in [0.29, 0.717) is 18.1 Å². The third-order valence-corrected chi connectivity index (χ3v) is 3.81. The third kappa shape index (κ3) is 2.84. The Labute approximate surface area is 93.9 Å². The van der Waals surface area contributed by atoms with Crippen LogP contribution < -0.4 is 0 Å². The van der Waals surface area contributed by atoms with Crippen LogP contribution in [0.4, 0.5) is 0 Å². The molecule has 0 aliphatic heterocycles. The minimum atomic E-state index is 0.361. The molecular formula is C14H24O. The standard InChI is InChI=1S/C14H24O/c1-10(2)15-11(3)14-8-12-5-4-6-13(7-12)9-14/h8,10-11,13-14H,4-7,9H2,1-3H3. The molecule has 0 N–H and O–H groups in total. The summed E-state index contributed by atoms with van der Waals surface area (Å²) in [6.07, 6.45) is 10.2. The first-order valence-electron chi connectivity index (χ1n) is 6.50. The van der Waals surface area contributed by atoms with Crippen LogP contribution in [0.15, 0.2) is 11.6 Å². The van der Waals surface area contributed by atoms with Gasteiger partial charge in [0, 0.05) is 5.92 Å². The van der Waals surface area contributed by atoms with Gasteiger partial charge in [0.2, 0.25) is 0 Å². The molecule has 0 saturated heterocycles. The molecule has 3 atom stereocenters. The van der Waals surface area contributed by atoms with Gasteiger partial charge in [-0.1, -0.05) is 11.6 Å².